The van der Waals surface area contributed by atoms with E-state index >= 15 is 0 Å². The molecule has 2 nitrogen and oxygen atoms in total. The summed E-state index contributed by atoms with van der Waals surface area (Å²) < 4.78 is 12.8. The average Bonchev–Trinajstić information content (AvgIpc) is 2.51. The number of hydrogen-bond acceptors (Lipinski definition) is 3. The third-order valence-corrected chi connectivity index (χ3v) is 2.35. The third-order valence-electron chi connectivity index (χ3n) is 1.69. The minimum Gasteiger partial charge on any atom is -0.389 e. The molecule has 2 N–H and O–H groups in total. The number of nitrogens with two attached hydrogens (primary N) is 1. The van der Waals surface area contributed by atoms with Gasteiger partial charge >= 0.3 is 0 Å². The van der Waals surface area contributed by atoms with Gasteiger partial charge in [0.15, 0.2) is 0 Å². The van der Waals surface area contributed by atoms with Crippen LogP contribution in [-0.4, -0.2) is 4.98 Å². The molecule has 0 amide bonds. The Morgan fingerprint density at radius 2 is 2.23 bits per heavy atom. The summed E-state index contributed by atoms with van der Waals surface area (Å²) in [6.07, 6.45) is 0. The van der Waals surface area contributed by atoms with E-state index in [9.17, 15) is 4.39 Å². The maximum atomic E-state index is 12.8. The van der Waals surface area contributed by atoms with Crippen LogP contribution in [0.25, 0.3) is 11.3 Å². The monoisotopic (exact) mass is 194 g/mol. The Balaban J connectivity index is 2.53. The van der Waals surface area contributed by atoms with Gasteiger partial charge in [0.2, 0.25) is 0 Å². The molecule has 2 rings (SSSR count). The van der Waals surface area contributed by atoms with Crippen LogP contribution in [0.5, 0.6) is 0 Å². The van der Waals surface area contributed by atoms with Crippen LogP contribution >= 0.6 is 11.3 Å². The second kappa shape index (κ2) is 3.14. The predicted octanol–water partition coefficient (Wildman–Crippen LogP) is 2.53. The van der Waals surface area contributed by atoms with Crippen LogP contribution in [0, 0.1) is 5.82 Å². The van der Waals surface area contributed by atoms with Crippen molar-refractivity contribution in [3.8, 4) is 11.3 Å². The molecule has 0 aliphatic rings. The van der Waals surface area contributed by atoms with E-state index in [2.05, 4.69) is 4.98 Å². The Morgan fingerprint density at radius 3 is 2.85 bits per heavy atom. The number of aromatic nitrogens is 1. The summed E-state index contributed by atoms with van der Waals surface area (Å²) in [5, 5.41) is 0.616. The molecular weight excluding hydrogens is 187 g/mol. The fourth-order valence-electron chi connectivity index (χ4n) is 1.11. The lowest BCUT2D eigenvalue weighted by Gasteiger charge is -1.97. The van der Waals surface area contributed by atoms with Gasteiger partial charge in [-0.2, -0.15) is 0 Å². The van der Waals surface area contributed by atoms with Crippen LogP contribution in [0.15, 0.2) is 29.8 Å². The van der Waals surface area contributed by atoms with Crippen molar-refractivity contribution in [2.24, 2.45) is 0 Å². The zero-order valence-electron chi connectivity index (χ0n) is 6.70. The van der Waals surface area contributed by atoms with Crippen molar-refractivity contribution in [3.63, 3.8) is 0 Å². The molecule has 1 heterocycles. The van der Waals surface area contributed by atoms with E-state index in [1.807, 2.05) is 0 Å². The van der Waals surface area contributed by atoms with Crippen LogP contribution in [0.4, 0.5) is 9.39 Å². The second-order valence-electron chi connectivity index (χ2n) is 2.58. The fraction of sp³-hybridized carbons (Fsp3) is 0. The highest BCUT2D eigenvalue weighted by Crippen LogP contribution is 2.27. The summed E-state index contributed by atoms with van der Waals surface area (Å²) in [5.41, 5.74) is 8.68. The highest BCUT2D eigenvalue weighted by atomic mass is 32.1. The van der Waals surface area contributed by atoms with Gasteiger partial charge in [0.05, 0.1) is 5.51 Å². The zero-order chi connectivity index (χ0) is 9.26. The number of halogens is 1. The standard InChI is InChI=1S/C9H7FN2S/c10-7-3-1-2-6(4-7)8-9(11)13-5-12-8/h1-5H,11H2. The number of benzene rings is 1. The maximum absolute atomic E-state index is 12.8. The Morgan fingerprint density at radius 1 is 1.38 bits per heavy atom. The van der Waals surface area contributed by atoms with Gasteiger partial charge in [0.1, 0.15) is 16.5 Å². The Labute approximate surface area is 78.9 Å². The number of hydrogen-bond donors (Lipinski definition) is 1. The lowest BCUT2D eigenvalue weighted by molar-refractivity contribution is 0.628. The van der Waals surface area contributed by atoms with Gasteiger partial charge in [0.25, 0.3) is 0 Å². The maximum Gasteiger partial charge on any atom is 0.123 e. The van der Waals surface area contributed by atoms with E-state index < -0.39 is 0 Å². The molecule has 0 spiro atoms. The number of nitrogen functional groups attached to an aromatic ring is 1. The molecular formula is C9H7FN2S. The predicted molar refractivity (Wildman–Crippen MR) is 51.9 cm³/mol. The molecule has 0 aliphatic heterocycles. The van der Waals surface area contributed by atoms with E-state index in [1.54, 1.807) is 17.6 Å². The Kier molecular flexibility index (Phi) is 1.98. The van der Waals surface area contributed by atoms with Gasteiger partial charge in [-0.05, 0) is 12.1 Å². The van der Waals surface area contributed by atoms with E-state index in [-0.39, 0.29) is 5.82 Å². The zero-order valence-corrected chi connectivity index (χ0v) is 7.51. The van der Waals surface area contributed by atoms with Gasteiger partial charge in [-0.15, -0.1) is 11.3 Å². The summed E-state index contributed by atoms with van der Waals surface area (Å²) in [5.74, 6) is -0.273. The number of nitrogens with zero attached hydrogens (tertiary/aromatic N) is 1. The Hall–Kier alpha value is -1.42. The largest absolute Gasteiger partial charge is 0.389 e. The van der Waals surface area contributed by atoms with Gasteiger partial charge in [-0.25, -0.2) is 9.37 Å². The molecule has 0 aliphatic carbocycles. The molecule has 0 fully saturated rings. The van der Waals surface area contributed by atoms with Crippen LogP contribution in [0.3, 0.4) is 0 Å². The second-order valence-corrected chi connectivity index (χ2v) is 3.46. The van der Waals surface area contributed by atoms with Crippen molar-refractivity contribution in [1.82, 2.24) is 4.98 Å². The van der Waals surface area contributed by atoms with E-state index in [0.717, 1.165) is 5.56 Å². The van der Waals surface area contributed by atoms with Crippen molar-refractivity contribution in [2.45, 2.75) is 0 Å². The molecule has 13 heavy (non-hydrogen) atoms. The van der Waals surface area contributed by atoms with Crippen LogP contribution in [-0.2, 0) is 0 Å². The normalized spacial score (nSPS) is 10.2. The molecule has 0 atom stereocenters. The SMILES string of the molecule is Nc1scnc1-c1cccc(F)c1. The quantitative estimate of drug-likeness (QED) is 0.757. The molecule has 2 aromatic rings. The first kappa shape index (κ1) is 8.19. The molecule has 4 heteroatoms. The number of rotatable bonds is 1. The van der Waals surface area contributed by atoms with Gasteiger partial charge in [0, 0.05) is 5.56 Å². The molecule has 0 unspecified atom stereocenters. The summed E-state index contributed by atoms with van der Waals surface area (Å²) >= 11 is 1.35. The molecule has 1 aromatic carbocycles. The minimum absolute atomic E-state index is 0.273. The number of thiazole rings is 1. The molecule has 66 valence electrons. The van der Waals surface area contributed by atoms with Crippen molar-refractivity contribution < 1.29 is 4.39 Å². The fourth-order valence-corrected chi connectivity index (χ4v) is 1.66. The first-order chi connectivity index (χ1) is 6.27. The molecule has 1 aromatic heterocycles. The summed E-state index contributed by atoms with van der Waals surface area (Å²) in [7, 11) is 0. The lowest BCUT2D eigenvalue weighted by atomic mass is 10.1. The molecule has 0 bridgehead atoms. The topological polar surface area (TPSA) is 38.9 Å². The summed E-state index contributed by atoms with van der Waals surface area (Å²) in [4.78, 5) is 4.05. The van der Waals surface area contributed by atoms with Crippen molar-refractivity contribution in [2.75, 3.05) is 5.73 Å². The average molecular weight is 194 g/mol. The first-order valence-corrected chi connectivity index (χ1v) is 4.60. The highest BCUT2D eigenvalue weighted by Gasteiger charge is 2.05. The van der Waals surface area contributed by atoms with Crippen molar-refractivity contribution in [3.05, 3.63) is 35.6 Å². The smallest absolute Gasteiger partial charge is 0.123 e. The Bertz CT molecular complexity index is 425. The summed E-state index contributed by atoms with van der Waals surface area (Å²) in [6, 6.07) is 6.25. The van der Waals surface area contributed by atoms with Crippen LogP contribution < -0.4 is 5.73 Å². The van der Waals surface area contributed by atoms with E-state index in [1.165, 1.54) is 23.5 Å². The van der Waals surface area contributed by atoms with Gasteiger partial charge < -0.3 is 5.73 Å². The van der Waals surface area contributed by atoms with E-state index in [4.69, 9.17) is 5.73 Å². The minimum atomic E-state index is -0.273. The molecule has 0 radical (unpaired) electrons. The third kappa shape index (κ3) is 1.53. The van der Waals surface area contributed by atoms with Crippen LogP contribution in [0.1, 0.15) is 0 Å². The van der Waals surface area contributed by atoms with Crippen LogP contribution in [0.2, 0.25) is 0 Å². The van der Waals surface area contributed by atoms with Gasteiger partial charge in [-0.3, -0.25) is 0 Å². The lowest BCUT2D eigenvalue weighted by Crippen LogP contribution is -1.86. The van der Waals surface area contributed by atoms with Crippen molar-refractivity contribution in [1.29, 1.82) is 0 Å². The number of anilines is 1. The van der Waals surface area contributed by atoms with E-state index in [0.29, 0.717) is 10.7 Å². The summed E-state index contributed by atoms with van der Waals surface area (Å²) in [6.45, 7) is 0. The molecule has 0 saturated heterocycles. The highest BCUT2D eigenvalue weighted by molar-refractivity contribution is 7.14. The van der Waals surface area contributed by atoms with Gasteiger partial charge in [-0.1, -0.05) is 12.1 Å². The molecule has 0 saturated carbocycles. The first-order valence-electron chi connectivity index (χ1n) is 3.72. The van der Waals surface area contributed by atoms with Crippen molar-refractivity contribution >= 4 is 16.3 Å².